The summed E-state index contributed by atoms with van der Waals surface area (Å²) in [5, 5.41) is 0. The third-order valence-corrected chi connectivity index (χ3v) is 3.56. The predicted octanol–water partition coefficient (Wildman–Crippen LogP) is 2.17. The van der Waals surface area contributed by atoms with Gasteiger partial charge in [-0.15, -0.1) is 0 Å². The molecule has 1 aromatic rings. The molecule has 1 aliphatic rings. The van der Waals surface area contributed by atoms with Gasteiger partial charge in [0.1, 0.15) is 5.82 Å². The van der Waals surface area contributed by atoms with Crippen LogP contribution < -0.4 is 5.73 Å². The fourth-order valence-electron chi connectivity index (χ4n) is 2.63. The van der Waals surface area contributed by atoms with Crippen molar-refractivity contribution < 1.29 is 4.39 Å². The number of hydrogen-bond donors (Lipinski definition) is 1. The van der Waals surface area contributed by atoms with Crippen molar-refractivity contribution in [3.05, 3.63) is 35.6 Å². The van der Waals surface area contributed by atoms with Gasteiger partial charge in [-0.2, -0.15) is 0 Å². The van der Waals surface area contributed by atoms with Crippen LogP contribution in [0.2, 0.25) is 0 Å². The van der Waals surface area contributed by atoms with Gasteiger partial charge in [0.2, 0.25) is 0 Å². The second kappa shape index (κ2) is 4.15. The first-order chi connectivity index (χ1) is 7.59. The SMILES string of the molecule is CN(C)C(c1cccc(F)c1)C1(CN)CC1. The molecule has 1 fully saturated rings. The molecule has 2 N–H and O–H groups in total. The van der Waals surface area contributed by atoms with Crippen LogP contribution in [0.3, 0.4) is 0 Å². The normalized spacial score (nSPS) is 19.8. The standard InChI is InChI=1S/C13H19FN2/c1-16(2)12(13(9-15)6-7-13)10-4-3-5-11(14)8-10/h3-5,8,12H,6-7,9,15H2,1-2H3. The van der Waals surface area contributed by atoms with Gasteiger partial charge in [0.15, 0.2) is 0 Å². The highest BCUT2D eigenvalue weighted by Gasteiger charge is 2.49. The lowest BCUT2D eigenvalue weighted by molar-refractivity contribution is 0.198. The molecular formula is C13H19FN2. The lowest BCUT2D eigenvalue weighted by atomic mass is 9.89. The number of nitrogens with zero attached hydrogens (tertiary/aromatic N) is 1. The molecule has 1 unspecified atom stereocenters. The van der Waals surface area contributed by atoms with Crippen molar-refractivity contribution in [1.29, 1.82) is 0 Å². The zero-order chi connectivity index (χ0) is 11.8. The number of halogens is 1. The molecule has 0 saturated heterocycles. The Kier molecular flexibility index (Phi) is 3.00. The van der Waals surface area contributed by atoms with Gasteiger partial charge < -0.3 is 10.6 Å². The van der Waals surface area contributed by atoms with Gasteiger partial charge in [-0.3, -0.25) is 0 Å². The van der Waals surface area contributed by atoms with Crippen LogP contribution >= 0.6 is 0 Å². The van der Waals surface area contributed by atoms with Crippen LogP contribution in [0.1, 0.15) is 24.4 Å². The highest BCUT2D eigenvalue weighted by molar-refractivity contribution is 5.25. The molecule has 1 aromatic carbocycles. The van der Waals surface area contributed by atoms with E-state index in [1.165, 1.54) is 6.07 Å². The maximum atomic E-state index is 13.3. The van der Waals surface area contributed by atoms with E-state index in [-0.39, 0.29) is 17.3 Å². The molecule has 2 rings (SSSR count). The van der Waals surface area contributed by atoms with Crippen LogP contribution in [0.25, 0.3) is 0 Å². The number of hydrogen-bond acceptors (Lipinski definition) is 2. The molecule has 0 spiro atoms. The molecule has 1 saturated carbocycles. The van der Waals surface area contributed by atoms with E-state index in [1.54, 1.807) is 12.1 Å². The van der Waals surface area contributed by atoms with Crippen LogP contribution in [-0.4, -0.2) is 25.5 Å². The van der Waals surface area contributed by atoms with Crippen LogP contribution in [0.5, 0.6) is 0 Å². The summed E-state index contributed by atoms with van der Waals surface area (Å²) >= 11 is 0. The van der Waals surface area contributed by atoms with Crippen molar-refractivity contribution in [2.75, 3.05) is 20.6 Å². The number of nitrogens with two attached hydrogens (primary N) is 1. The van der Waals surface area contributed by atoms with Gasteiger partial charge in [0.25, 0.3) is 0 Å². The third kappa shape index (κ3) is 1.97. The molecule has 0 heterocycles. The highest BCUT2D eigenvalue weighted by Crippen LogP contribution is 2.55. The Morgan fingerprint density at radius 3 is 2.56 bits per heavy atom. The fraction of sp³-hybridized carbons (Fsp3) is 0.538. The zero-order valence-corrected chi connectivity index (χ0v) is 9.91. The first-order valence-electron chi connectivity index (χ1n) is 5.71. The van der Waals surface area contributed by atoms with E-state index in [2.05, 4.69) is 4.90 Å². The van der Waals surface area contributed by atoms with Gasteiger partial charge in [0.05, 0.1) is 0 Å². The van der Waals surface area contributed by atoms with Crippen LogP contribution in [0.4, 0.5) is 4.39 Å². The first-order valence-corrected chi connectivity index (χ1v) is 5.71. The van der Waals surface area contributed by atoms with E-state index < -0.39 is 0 Å². The molecule has 2 nitrogen and oxygen atoms in total. The average molecular weight is 222 g/mol. The number of benzene rings is 1. The summed E-state index contributed by atoms with van der Waals surface area (Å²) in [6.45, 7) is 0.673. The Morgan fingerprint density at radius 1 is 1.44 bits per heavy atom. The Bertz CT molecular complexity index is 372. The molecule has 1 atom stereocenters. The van der Waals surface area contributed by atoms with E-state index in [9.17, 15) is 4.39 Å². The second-order valence-electron chi connectivity index (χ2n) is 4.99. The largest absolute Gasteiger partial charge is 0.330 e. The van der Waals surface area contributed by atoms with Gasteiger partial charge >= 0.3 is 0 Å². The van der Waals surface area contributed by atoms with E-state index in [4.69, 9.17) is 5.73 Å². The smallest absolute Gasteiger partial charge is 0.123 e. The summed E-state index contributed by atoms with van der Waals surface area (Å²) in [7, 11) is 4.07. The summed E-state index contributed by atoms with van der Waals surface area (Å²) in [5.41, 5.74) is 7.06. The molecule has 3 heteroatoms. The number of rotatable bonds is 4. The zero-order valence-electron chi connectivity index (χ0n) is 9.91. The first kappa shape index (κ1) is 11.6. The van der Waals surface area contributed by atoms with Gasteiger partial charge in [-0.1, -0.05) is 12.1 Å². The minimum atomic E-state index is -0.169. The van der Waals surface area contributed by atoms with Crippen LogP contribution in [0, 0.1) is 11.2 Å². The lowest BCUT2D eigenvalue weighted by Crippen LogP contribution is -2.33. The minimum absolute atomic E-state index is 0.164. The second-order valence-corrected chi connectivity index (χ2v) is 4.99. The van der Waals surface area contributed by atoms with Gasteiger partial charge in [-0.05, 0) is 51.2 Å². The summed E-state index contributed by atoms with van der Waals surface area (Å²) in [5.74, 6) is -0.169. The Hall–Kier alpha value is -0.930. The van der Waals surface area contributed by atoms with Crippen molar-refractivity contribution in [3.63, 3.8) is 0 Å². The predicted molar refractivity (Wildman–Crippen MR) is 63.5 cm³/mol. The molecule has 16 heavy (non-hydrogen) atoms. The van der Waals surface area contributed by atoms with Crippen LogP contribution in [-0.2, 0) is 0 Å². The summed E-state index contributed by atoms with van der Waals surface area (Å²) in [6, 6.07) is 7.10. The molecule has 0 aromatic heterocycles. The quantitative estimate of drug-likeness (QED) is 0.846. The highest BCUT2D eigenvalue weighted by atomic mass is 19.1. The van der Waals surface area contributed by atoms with Crippen molar-refractivity contribution in [2.45, 2.75) is 18.9 Å². The minimum Gasteiger partial charge on any atom is -0.330 e. The van der Waals surface area contributed by atoms with E-state index in [1.807, 2.05) is 20.2 Å². The van der Waals surface area contributed by atoms with Crippen molar-refractivity contribution in [1.82, 2.24) is 4.90 Å². The summed E-state index contributed by atoms with van der Waals surface area (Å²) in [6.07, 6.45) is 2.28. The van der Waals surface area contributed by atoms with E-state index in [0.717, 1.165) is 18.4 Å². The molecule has 88 valence electrons. The van der Waals surface area contributed by atoms with Crippen molar-refractivity contribution in [2.24, 2.45) is 11.1 Å². The topological polar surface area (TPSA) is 29.3 Å². The lowest BCUT2D eigenvalue weighted by Gasteiger charge is -2.32. The maximum Gasteiger partial charge on any atom is 0.123 e. The molecular weight excluding hydrogens is 203 g/mol. The van der Waals surface area contributed by atoms with Crippen molar-refractivity contribution >= 4 is 0 Å². The molecule has 1 aliphatic carbocycles. The van der Waals surface area contributed by atoms with E-state index in [0.29, 0.717) is 6.54 Å². The fourth-order valence-corrected chi connectivity index (χ4v) is 2.63. The summed E-state index contributed by atoms with van der Waals surface area (Å²) in [4.78, 5) is 2.15. The van der Waals surface area contributed by atoms with Gasteiger partial charge in [-0.25, -0.2) is 4.39 Å². The molecule has 0 bridgehead atoms. The van der Waals surface area contributed by atoms with Crippen molar-refractivity contribution in [3.8, 4) is 0 Å². The van der Waals surface area contributed by atoms with Crippen LogP contribution in [0.15, 0.2) is 24.3 Å². The molecule has 0 aliphatic heterocycles. The van der Waals surface area contributed by atoms with Gasteiger partial charge in [0, 0.05) is 11.5 Å². The monoisotopic (exact) mass is 222 g/mol. The Morgan fingerprint density at radius 2 is 2.12 bits per heavy atom. The van der Waals surface area contributed by atoms with E-state index >= 15 is 0 Å². The Labute approximate surface area is 96.2 Å². The molecule has 0 amide bonds. The average Bonchev–Trinajstić information content (AvgIpc) is 2.99. The summed E-state index contributed by atoms with van der Waals surface area (Å²) < 4.78 is 13.3. The maximum absolute atomic E-state index is 13.3. The molecule has 0 radical (unpaired) electrons. The Balaban J connectivity index is 2.33. The third-order valence-electron chi connectivity index (χ3n) is 3.56.